The molecule has 0 radical (unpaired) electrons. The van der Waals surface area contributed by atoms with Crippen LogP contribution in [0.1, 0.15) is 26.3 Å². The Hall–Kier alpha value is -1.05. The predicted octanol–water partition coefficient (Wildman–Crippen LogP) is 3.55. The highest BCUT2D eigenvalue weighted by atomic mass is 79.9. The minimum absolute atomic E-state index is 0.104. The molecule has 0 saturated heterocycles. The lowest BCUT2D eigenvalue weighted by molar-refractivity contribution is 0.00333. The molecule has 17 heavy (non-hydrogen) atoms. The van der Waals surface area contributed by atoms with Crippen molar-refractivity contribution >= 4 is 21.6 Å². The monoisotopic (exact) mass is 296 g/mol. The molecular weight excluding hydrogens is 280 g/mol. The molecule has 0 spiro atoms. The van der Waals surface area contributed by atoms with Crippen LogP contribution in [0.4, 0.5) is 5.69 Å². The lowest BCUT2D eigenvalue weighted by Gasteiger charge is -2.19. The average Bonchev–Trinajstić information content (AvgIpc) is 2.23. The van der Waals surface area contributed by atoms with E-state index in [-0.39, 0.29) is 5.60 Å². The molecule has 0 amide bonds. The van der Waals surface area contributed by atoms with Crippen molar-refractivity contribution in [2.45, 2.75) is 26.4 Å². The molecule has 1 rings (SSSR count). The zero-order chi connectivity index (χ0) is 12.9. The normalized spacial score (nSPS) is 11.0. The molecular formula is C13H17BrN2O. The van der Waals surface area contributed by atoms with Gasteiger partial charge in [-0.15, -0.1) is 0 Å². The minimum atomic E-state index is -0.104. The van der Waals surface area contributed by atoms with E-state index in [1.807, 2.05) is 32.9 Å². The van der Waals surface area contributed by atoms with Gasteiger partial charge in [0.15, 0.2) is 0 Å². The topological polar surface area (TPSA) is 45.0 Å². The summed E-state index contributed by atoms with van der Waals surface area (Å²) in [6, 6.07) is 7.69. The molecule has 1 N–H and O–H groups in total. The van der Waals surface area contributed by atoms with Gasteiger partial charge in [0.25, 0.3) is 0 Å². The third kappa shape index (κ3) is 5.20. The lowest BCUT2D eigenvalue weighted by Crippen LogP contribution is -2.23. The van der Waals surface area contributed by atoms with Crippen LogP contribution in [0, 0.1) is 11.3 Å². The molecule has 0 aromatic heterocycles. The van der Waals surface area contributed by atoms with Gasteiger partial charge in [0.2, 0.25) is 0 Å². The third-order valence-electron chi connectivity index (χ3n) is 2.06. The summed E-state index contributed by atoms with van der Waals surface area (Å²) in [6.45, 7) is 7.50. The highest BCUT2D eigenvalue weighted by Gasteiger charge is 2.08. The Morgan fingerprint density at radius 3 is 2.65 bits per heavy atom. The van der Waals surface area contributed by atoms with Crippen LogP contribution in [0.15, 0.2) is 22.7 Å². The summed E-state index contributed by atoms with van der Waals surface area (Å²) in [6.07, 6.45) is 0. The zero-order valence-corrected chi connectivity index (χ0v) is 12.0. The molecule has 0 bridgehead atoms. The molecule has 3 nitrogen and oxygen atoms in total. The first-order valence-electron chi connectivity index (χ1n) is 5.50. The third-order valence-corrected chi connectivity index (χ3v) is 2.71. The first-order valence-corrected chi connectivity index (χ1v) is 6.29. The number of anilines is 1. The van der Waals surface area contributed by atoms with E-state index in [1.165, 1.54) is 0 Å². The van der Waals surface area contributed by atoms with Crippen LogP contribution in [0.2, 0.25) is 0 Å². The number of hydrogen-bond acceptors (Lipinski definition) is 3. The van der Waals surface area contributed by atoms with E-state index in [4.69, 9.17) is 10.00 Å². The fraction of sp³-hybridized carbons (Fsp3) is 0.462. The SMILES string of the molecule is CC(C)(C)OCCNc1ccc(C#N)c(Br)c1. The maximum absolute atomic E-state index is 8.79. The van der Waals surface area contributed by atoms with Gasteiger partial charge in [0.1, 0.15) is 6.07 Å². The average molecular weight is 297 g/mol. The van der Waals surface area contributed by atoms with Crippen molar-refractivity contribution in [3.05, 3.63) is 28.2 Å². The molecule has 1 aromatic rings. The van der Waals surface area contributed by atoms with E-state index >= 15 is 0 Å². The van der Waals surface area contributed by atoms with Crippen molar-refractivity contribution in [2.75, 3.05) is 18.5 Å². The molecule has 0 aliphatic heterocycles. The van der Waals surface area contributed by atoms with Crippen molar-refractivity contribution in [1.82, 2.24) is 0 Å². The van der Waals surface area contributed by atoms with Gasteiger partial charge < -0.3 is 10.1 Å². The van der Waals surface area contributed by atoms with Gasteiger partial charge in [-0.05, 0) is 54.9 Å². The summed E-state index contributed by atoms with van der Waals surface area (Å²) in [5.41, 5.74) is 1.52. The van der Waals surface area contributed by atoms with Crippen LogP contribution in [-0.4, -0.2) is 18.8 Å². The van der Waals surface area contributed by atoms with Crippen molar-refractivity contribution in [1.29, 1.82) is 5.26 Å². The Morgan fingerprint density at radius 1 is 1.41 bits per heavy atom. The fourth-order valence-electron chi connectivity index (χ4n) is 1.27. The smallest absolute Gasteiger partial charge is 0.100 e. The summed E-state index contributed by atoms with van der Waals surface area (Å²) < 4.78 is 6.41. The predicted molar refractivity (Wildman–Crippen MR) is 73.1 cm³/mol. The second kappa shape index (κ2) is 6.04. The number of hydrogen-bond donors (Lipinski definition) is 1. The van der Waals surface area contributed by atoms with Gasteiger partial charge in [-0.25, -0.2) is 0 Å². The van der Waals surface area contributed by atoms with Crippen LogP contribution < -0.4 is 5.32 Å². The van der Waals surface area contributed by atoms with Crippen LogP contribution >= 0.6 is 15.9 Å². The molecule has 0 aliphatic carbocycles. The first kappa shape index (κ1) is 14.0. The molecule has 0 unspecified atom stereocenters. The summed E-state index contributed by atoms with van der Waals surface area (Å²) >= 11 is 3.35. The van der Waals surface area contributed by atoms with E-state index in [0.717, 1.165) is 16.7 Å². The summed E-state index contributed by atoms with van der Waals surface area (Å²) in [5.74, 6) is 0. The van der Waals surface area contributed by atoms with Gasteiger partial charge >= 0.3 is 0 Å². The molecule has 0 atom stereocenters. The van der Waals surface area contributed by atoms with E-state index < -0.39 is 0 Å². The van der Waals surface area contributed by atoms with Gasteiger partial charge in [-0.2, -0.15) is 5.26 Å². The van der Waals surface area contributed by atoms with Crippen molar-refractivity contribution < 1.29 is 4.74 Å². The van der Waals surface area contributed by atoms with E-state index in [0.29, 0.717) is 12.2 Å². The molecule has 1 aromatic carbocycles. The molecule has 0 heterocycles. The number of ether oxygens (including phenoxy) is 1. The number of benzene rings is 1. The zero-order valence-electron chi connectivity index (χ0n) is 10.4. The Labute approximate surface area is 111 Å². The van der Waals surface area contributed by atoms with Crippen LogP contribution in [0.5, 0.6) is 0 Å². The highest BCUT2D eigenvalue weighted by molar-refractivity contribution is 9.10. The molecule has 92 valence electrons. The number of halogens is 1. The minimum Gasteiger partial charge on any atom is -0.383 e. The molecule has 0 saturated carbocycles. The van der Waals surface area contributed by atoms with Gasteiger partial charge in [-0.3, -0.25) is 0 Å². The Bertz CT molecular complexity index is 418. The van der Waals surface area contributed by atoms with Gasteiger partial charge in [0.05, 0.1) is 17.8 Å². The standard InChI is InChI=1S/C13H17BrN2O/c1-13(2,3)17-7-6-16-11-5-4-10(9-15)12(14)8-11/h4-5,8,16H,6-7H2,1-3H3. The van der Waals surface area contributed by atoms with Crippen LogP contribution in [0.25, 0.3) is 0 Å². The van der Waals surface area contributed by atoms with E-state index in [9.17, 15) is 0 Å². The van der Waals surface area contributed by atoms with Crippen LogP contribution in [-0.2, 0) is 4.74 Å². The Morgan fingerprint density at radius 2 is 2.12 bits per heavy atom. The lowest BCUT2D eigenvalue weighted by atomic mass is 10.2. The van der Waals surface area contributed by atoms with E-state index in [1.54, 1.807) is 6.07 Å². The van der Waals surface area contributed by atoms with Crippen molar-refractivity contribution in [3.8, 4) is 6.07 Å². The molecule has 0 fully saturated rings. The fourth-order valence-corrected chi connectivity index (χ4v) is 1.74. The summed E-state index contributed by atoms with van der Waals surface area (Å²) in [7, 11) is 0. The number of nitriles is 1. The van der Waals surface area contributed by atoms with Gasteiger partial charge in [-0.1, -0.05) is 0 Å². The van der Waals surface area contributed by atoms with Crippen molar-refractivity contribution in [2.24, 2.45) is 0 Å². The highest BCUT2D eigenvalue weighted by Crippen LogP contribution is 2.20. The first-order chi connectivity index (χ1) is 7.92. The quantitative estimate of drug-likeness (QED) is 0.864. The Kier molecular flexibility index (Phi) is 4.98. The molecule has 0 aliphatic rings. The molecule has 4 heteroatoms. The number of rotatable bonds is 4. The number of nitrogens with zero attached hydrogens (tertiary/aromatic N) is 1. The maximum Gasteiger partial charge on any atom is 0.100 e. The van der Waals surface area contributed by atoms with Gasteiger partial charge in [0, 0.05) is 16.7 Å². The number of nitrogens with one attached hydrogen (secondary N) is 1. The largest absolute Gasteiger partial charge is 0.383 e. The maximum atomic E-state index is 8.79. The second-order valence-corrected chi connectivity index (χ2v) is 5.55. The summed E-state index contributed by atoms with van der Waals surface area (Å²) in [5, 5.41) is 12.0. The second-order valence-electron chi connectivity index (χ2n) is 4.69. The Balaban J connectivity index is 2.43. The van der Waals surface area contributed by atoms with E-state index in [2.05, 4.69) is 27.3 Å². The van der Waals surface area contributed by atoms with Crippen LogP contribution in [0.3, 0.4) is 0 Å². The summed E-state index contributed by atoms with van der Waals surface area (Å²) in [4.78, 5) is 0. The van der Waals surface area contributed by atoms with Crippen molar-refractivity contribution in [3.63, 3.8) is 0 Å².